The highest BCUT2D eigenvalue weighted by molar-refractivity contribution is 7.15. The summed E-state index contributed by atoms with van der Waals surface area (Å²) in [6.45, 7) is 3.92. The number of aliphatic hydroxyl groups excluding tert-OH is 2. The fraction of sp³-hybridized carbons (Fsp3) is 0.571. The summed E-state index contributed by atoms with van der Waals surface area (Å²) >= 11 is 1.52. The Kier molecular flexibility index (Phi) is 5.13. The topological polar surface area (TPSA) is 116 Å². The number of carboxylic acids is 1. The van der Waals surface area contributed by atoms with Gasteiger partial charge in [0.25, 0.3) is 0 Å². The third-order valence-corrected chi connectivity index (χ3v) is 8.19. The van der Waals surface area contributed by atoms with Crippen LogP contribution in [0, 0.1) is 16.7 Å². The van der Waals surface area contributed by atoms with E-state index in [9.17, 15) is 20.1 Å². The van der Waals surface area contributed by atoms with E-state index in [1.54, 1.807) is 12.4 Å². The van der Waals surface area contributed by atoms with E-state index in [4.69, 9.17) is 4.98 Å². The Balaban J connectivity index is 1.76. The zero-order valence-electron chi connectivity index (χ0n) is 16.6. The molecule has 8 heteroatoms. The van der Waals surface area contributed by atoms with Gasteiger partial charge in [-0.15, -0.1) is 11.3 Å². The van der Waals surface area contributed by atoms with Crippen LogP contribution in [0.5, 0.6) is 0 Å². The van der Waals surface area contributed by atoms with E-state index in [1.807, 2.05) is 19.1 Å². The number of hydrogen-bond acceptors (Lipinski definition) is 7. The Morgan fingerprint density at radius 3 is 2.86 bits per heavy atom. The van der Waals surface area contributed by atoms with Crippen molar-refractivity contribution in [2.45, 2.75) is 51.6 Å². The van der Waals surface area contributed by atoms with E-state index < -0.39 is 17.5 Å². The third-order valence-electron chi connectivity index (χ3n) is 7.19. The number of carbonyl (C=O) groups is 1. The molecule has 2 aromatic rings. The van der Waals surface area contributed by atoms with Gasteiger partial charge in [-0.2, -0.15) is 0 Å². The van der Waals surface area contributed by atoms with E-state index in [0.29, 0.717) is 24.4 Å². The van der Waals surface area contributed by atoms with Gasteiger partial charge in [-0.3, -0.25) is 9.78 Å². The maximum Gasteiger partial charge on any atom is 0.304 e. The van der Waals surface area contributed by atoms with Crippen molar-refractivity contribution < 1.29 is 20.1 Å². The van der Waals surface area contributed by atoms with Gasteiger partial charge in [0.2, 0.25) is 0 Å². The number of nitrogens with zero attached hydrogens (tertiary/aromatic N) is 2. The monoisotopic (exact) mass is 417 g/mol. The average molecular weight is 418 g/mol. The quantitative estimate of drug-likeness (QED) is 0.590. The molecule has 2 aliphatic rings. The van der Waals surface area contributed by atoms with E-state index in [1.165, 1.54) is 11.3 Å². The summed E-state index contributed by atoms with van der Waals surface area (Å²) in [6.07, 6.45) is 4.77. The lowest BCUT2D eigenvalue weighted by Crippen LogP contribution is -2.57. The number of anilines is 2. The molecule has 29 heavy (non-hydrogen) atoms. The Morgan fingerprint density at radius 2 is 2.21 bits per heavy atom. The Hall–Kier alpha value is -2.03. The summed E-state index contributed by atoms with van der Waals surface area (Å²) in [7, 11) is 0. The number of carboxylic acid groups (broad SMARTS) is 1. The smallest absolute Gasteiger partial charge is 0.304 e. The minimum Gasteiger partial charge on any atom is -0.481 e. The van der Waals surface area contributed by atoms with Gasteiger partial charge in [-0.25, -0.2) is 4.98 Å². The predicted octanol–water partition coefficient (Wildman–Crippen LogP) is 3.17. The highest BCUT2D eigenvalue weighted by Gasteiger charge is 2.59. The lowest BCUT2D eigenvalue weighted by Gasteiger charge is -2.58. The second kappa shape index (κ2) is 7.34. The first kappa shape index (κ1) is 20.3. The zero-order chi connectivity index (χ0) is 20.8. The van der Waals surface area contributed by atoms with Gasteiger partial charge >= 0.3 is 5.97 Å². The zero-order valence-corrected chi connectivity index (χ0v) is 17.4. The van der Waals surface area contributed by atoms with Gasteiger partial charge in [0.15, 0.2) is 5.13 Å². The van der Waals surface area contributed by atoms with Crippen LogP contribution >= 0.6 is 11.3 Å². The van der Waals surface area contributed by atoms with Gasteiger partial charge in [0, 0.05) is 22.4 Å². The molecule has 0 spiro atoms. The van der Waals surface area contributed by atoms with Crippen LogP contribution in [0.4, 0.5) is 10.8 Å². The Bertz CT molecular complexity index is 905. The average Bonchev–Trinajstić information content (AvgIpc) is 3.09. The Labute approximate surface area is 173 Å². The van der Waals surface area contributed by atoms with Crippen LogP contribution in [0.2, 0.25) is 0 Å². The van der Waals surface area contributed by atoms with Crippen LogP contribution in [0.25, 0.3) is 0 Å². The fourth-order valence-corrected chi connectivity index (χ4v) is 6.52. The number of aliphatic carboxylic acids is 1. The second-order valence-corrected chi connectivity index (χ2v) is 9.91. The number of aromatic nitrogens is 2. The Morgan fingerprint density at radius 1 is 1.41 bits per heavy atom. The number of rotatable bonds is 5. The summed E-state index contributed by atoms with van der Waals surface area (Å²) < 4.78 is 0. The molecule has 4 N–H and O–H groups in total. The first-order chi connectivity index (χ1) is 13.8. The highest BCUT2D eigenvalue weighted by atomic mass is 32.1. The molecule has 0 radical (unpaired) electrons. The van der Waals surface area contributed by atoms with Gasteiger partial charge in [-0.05, 0) is 42.7 Å². The molecule has 0 saturated heterocycles. The van der Waals surface area contributed by atoms with Gasteiger partial charge in [0.1, 0.15) is 0 Å². The van der Waals surface area contributed by atoms with Gasteiger partial charge in [0.05, 0.1) is 36.7 Å². The normalized spacial score (nSPS) is 33.6. The van der Waals surface area contributed by atoms with Crippen molar-refractivity contribution in [2.75, 3.05) is 11.9 Å². The molecular weight excluding hydrogens is 390 g/mol. The number of nitrogens with one attached hydrogen (secondary N) is 1. The molecule has 0 amide bonds. The number of aliphatic hydroxyl groups is 2. The number of pyridine rings is 1. The van der Waals surface area contributed by atoms with Crippen molar-refractivity contribution in [1.29, 1.82) is 0 Å². The molecular formula is C21H27N3O4S. The standard InChI is InChI=1S/C21H27N3O4S/c1-20-6-5-16(26)21(2,11-25)15(20)9-14-18(13(20)8-17(27)28)24-19(29-14)23-12-4-3-7-22-10-12/h3-4,7,10,13,15-16,25-26H,5-6,8-9,11H2,1-2H3,(H,23,24)(H,27,28)/t13-,15+,16-,20+,21+/m1/s1. The second-order valence-electron chi connectivity index (χ2n) is 8.83. The van der Waals surface area contributed by atoms with Crippen LogP contribution in [-0.4, -0.2) is 44.0 Å². The van der Waals surface area contributed by atoms with Crippen molar-refractivity contribution in [3.8, 4) is 0 Å². The first-order valence-electron chi connectivity index (χ1n) is 9.95. The van der Waals surface area contributed by atoms with Crippen LogP contribution < -0.4 is 5.32 Å². The minimum absolute atomic E-state index is 0.00628. The molecule has 0 bridgehead atoms. The molecule has 4 rings (SSSR count). The summed E-state index contributed by atoms with van der Waals surface area (Å²) in [4.78, 5) is 21.7. The van der Waals surface area contributed by atoms with Crippen molar-refractivity contribution in [3.63, 3.8) is 0 Å². The summed E-state index contributed by atoms with van der Waals surface area (Å²) in [6, 6.07) is 3.75. The lowest BCUT2D eigenvalue weighted by molar-refractivity contribution is -0.150. The molecule has 2 aromatic heterocycles. The molecule has 7 nitrogen and oxygen atoms in total. The largest absolute Gasteiger partial charge is 0.481 e. The maximum atomic E-state index is 11.7. The van der Waals surface area contributed by atoms with E-state index >= 15 is 0 Å². The molecule has 0 aromatic carbocycles. The molecule has 2 heterocycles. The SMILES string of the molecule is C[C@]1(CO)[C@H]2Cc3sc(Nc4cccnc4)nc3[C@@H](CC(=O)O)[C@]2(C)CC[C@H]1O. The van der Waals surface area contributed by atoms with Gasteiger partial charge < -0.3 is 20.6 Å². The summed E-state index contributed by atoms with van der Waals surface area (Å²) in [5.41, 5.74) is 0.663. The van der Waals surface area contributed by atoms with Crippen LogP contribution in [0.15, 0.2) is 24.5 Å². The lowest BCUT2D eigenvalue weighted by atomic mass is 9.47. The van der Waals surface area contributed by atoms with Crippen molar-refractivity contribution >= 4 is 28.1 Å². The van der Waals surface area contributed by atoms with Crippen molar-refractivity contribution in [3.05, 3.63) is 35.1 Å². The predicted molar refractivity (Wildman–Crippen MR) is 110 cm³/mol. The minimum atomic E-state index is -0.852. The number of thiazole rings is 1. The van der Waals surface area contributed by atoms with Gasteiger partial charge in [-0.1, -0.05) is 13.8 Å². The molecule has 5 atom stereocenters. The molecule has 1 fully saturated rings. The molecule has 2 aliphatic carbocycles. The summed E-state index contributed by atoms with van der Waals surface area (Å²) in [5.74, 6) is -1.13. The molecule has 156 valence electrons. The van der Waals surface area contributed by atoms with E-state index in [2.05, 4.69) is 17.2 Å². The number of hydrogen-bond donors (Lipinski definition) is 4. The molecule has 0 aliphatic heterocycles. The van der Waals surface area contributed by atoms with Crippen molar-refractivity contribution in [2.24, 2.45) is 16.7 Å². The third kappa shape index (κ3) is 3.33. The van der Waals surface area contributed by atoms with Crippen LogP contribution in [0.3, 0.4) is 0 Å². The molecule has 1 saturated carbocycles. The fourth-order valence-electron chi connectivity index (χ4n) is 5.43. The van der Waals surface area contributed by atoms with E-state index in [0.717, 1.165) is 16.3 Å². The number of fused-ring (bicyclic) bond motifs is 2. The highest BCUT2D eigenvalue weighted by Crippen LogP contribution is 2.62. The first-order valence-corrected chi connectivity index (χ1v) is 10.8. The maximum absolute atomic E-state index is 11.7. The van der Waals surface area contributed by atoms with Crippen LogP contribution in [0.1, 0.15) is 49.6 Å². The molecule has 0 unspecified atom stereocenters. The van der Waals surface area contributed by atoms with Crippen molar-refractivity contribution in [1.82, 2.24) is 9.97 Å². The summed E-state index contributed by atoms with van der Waals surface area (Å²) in [5, 5.41) is 34.5. The van der Waals surface area contributed by atoms with Crippen LogP contribution in [-0.2, 0) is 11.2 Å². The van der Waals surface area contributed by atoms with E-state index in [-0.39, 0.29) is 30.3 Å².